The maximum Gasteiger partial charge on any atom is 0.323 e. The molecule has 5 nitrogen and oxygen atoms in total. The molecule has 132 valence electrons. The zero-order valence-electron chi connectivity index (χ0n) is 14.4. The second-order valence-electron chi connectivity index (χ2n) is 5.94. The molecule has 0 fully saturated rings. The summed E-state index contributed by atoms with van der Waals surface area (Å²) in [5.74, 6) is 0.0420. The molecule has 0 aliphatic carbocycles. The van der Waals surface area contributed by atoms with Crippen LogP contribution in [0.4, 0.5) is 0 Å². The van der Waals surface area contributed by atoms with Crippen LogP contribution in [0.15, 0.2) is 95.7 Å². The molecular formula is C22H16N2O3. The van der Waals surface area contributed by atoms with E-state index >= 15 is 0 Å². The van der Waals surface area contributed by atoms with Crippen molar-refractivity contribution in [2.24, 2.45) is 0 Å². The van der Waals surface area contributed by atoms with Gasteiger partial charge in [-0.25, -0.2) is 0 Å². The molecule has 0 bridgehead atoms. The van der Waals surface area contributed by atoms with Gasteiger partial charge in [0.2, 0.25) is 12.3 Å². The lowest BCUT2D eigenvalue weighted by Gasteiger charge is -2.17. The first-order chi connectivity index (χ1) is 13.3. The van der Waals surface area contributed by atoms with Crippen LogP contribution in [0.3, 0.4) is 0 Å². The van der Waals surface area contributed by atoms with Crippen molar-refractivity contribution in [2.45, 2.75) is 5.92 Å². The molecule has 0 aliphatic heterocycles. The van der Waals surface area contributed by atoms with Crippen LogP contribution in [-0.2, 0) is 4.79 Å². The summed E-state index contributed by atoms with van der Waals surface area (Å²) in [4.78, 5) is 13.0. The molecule has 1 heterocycles. The Kier molecular flexibility index (Phi) is 4.74. The first-order valence-electron chi connectivity index (χ1n) is 8.49. The lowest BCUT2D eigenvalue weighted by molar-refractivity contribution is -0.135. The Morgan fingerprint density at radius 2 is 1.41 bits per heavy atom. The molecule has 27 heavy (non-hydrogen) atoms. The van der Waals surface area contributed by atoms with Gasteiger partial charge in [-0.05, 0) is 35.4 Å². The van der Waals surface area contributed by atoms with Gasteiger partial charge in [-0.15, -0.1) is 10.2 Å². The second-order valence-corrected chi connectivity index (χ2v) is 5.94. The molecule has 1 aromatic heterocycles. The summed E-state index contributed by atoms with van der Waals surface area (Å²) >= 11 is 0. The number of rotatable bonds is 5. The number of carbonyl (C=O) groups is 1. The molecule has 0 spiro atoms. The van der Waals surface area contributed by atoms with Gasteiger partial charge in [0.05, 0.1) is 0 Å². The lowest BCUT2D eigenvalue weighted by atomic mass is 9.91. The van der Waals surface area contributed by atoms with E-state index in [1.165, 1.54) is 6.39 Å². The minimum Gasteiger partial charge on any atom is -0.426 e. The fourth-order valence-electron chi connectivity index (χ4n) is 2.90. The highest BCUT2D eigenvalue weighted by atomic mass is 16.5. The number of benzene rings is 3. The van der Waals surface area contributed by atoms with E-state index in [2.05, 4.69) is 10.2 Å². The van der Waals surface area contributed by atoms with Crippen molar-refractivity contribution in [1.29, 1.82) is 0 Å². The average Bonchev–Trinajstić information content (AvgIpc) is 3.25. The van der Waals surface area contributed by atoms with Crippen molar-refractivity contribution in [3.63, 3.8) is 0 Å². The van der Waals surface area contributed by atoms with E-state index < -0.39 is 5.92 Å². The van der Waals surface area contributed by atoms with Gasteiger partial charge >= 0.3 is 5.97 Å². The Morgan fingerprint density at radius 3 is 1.93 bits per heavy atom. The third-order valence-corrected chi connectivity index (χ3v) is 4.18. The maximum absolute atomic E-state index is 13.0. The molecule has 0 radical (unpaired) electrons. The number of nitrogens with zero attached hydrogens (tertiary/aromatic N) is 2. The number of aromatic nitrogens is 2. The van der Waals surface area contributed by atoms with Crippen LogP contribution in [0.25, 0.3) is 11.5 Å². The number of carbonyl (C=O) groups excluding carboxylic acids is 1. The van der Waals surface area contributed by atoms with E-state index in [1.54, 1.807) is 24.3 Å². The average molecular weight is 356 g/mol. The molecular weight excluding hydrogens is 340 g/mol. The maximum atomic E-state index is 13.0. The molecule has 0 aliphatic rings. The zero-order valence-corrected chi connectivity index (χ0v) is 14.4. The van der Waals surface area contributed by atoms with E-state index in [9.17, 15) is 4.79 Å². The Hall–Kier alpha value is -3.73. The summed E-state index contributed by atoms with van der Waals surface area (Å²) in [5.41, 5.74) is 2.53. The van der Waals surface area contributed by atoms with Gasteiger partial charge in [-0.3, -0.25) is 4.79 Å². The van der Waals surface area contributed by atoms with Crippen LogP contribution in [0.2, 0.25) is 0 Å². The van der Waals surface area contributed by atoms with Crippen LogP contribution in [0.1, 0.15) is 17.0 Å². The molecule has 0 saturated carbocycles. The smallest absolute Gasteiger partial charge is 0.323 e. The Balaban J connectivity index is 1.59. The van der Waals surface area contributed by atoms with E-state index in [4.69, 9.17) is 9.15 Å². The fraction of sp³-hybridized carbons (Fsp3) is 0.0455. The molecule has 4 rings (SSSR count). The van der Waals surface area contributed by atoms with E-state index in [0.717, 1.165) is 16.7 Å². The third-order valence-electron chi connectivity index (χ3n) is 4.18. The van der Waals surface area contributed by atoms with Crippen LogP contribution in [0.5, 0.6) is 5.75 Å². The van der Waals surface area contributed by atoms with Crippen molar-refractivity contribution in [3.8, 4) is 17.2 Å². The fourth-order valence-corrected chi connectivity index (χ4v) is 2.90. The predicted molar refractivity (Wildman–Crippen MR) is 100 cm³/mol. The molecule has 0 N–H and O–H groups in total. The Bertz CT molecular complexity index is 959. The van der Waals surface area contributed by atoms with Crippen molar-refractivity contribution in [3.05, 3.63) is 102 Å². The third kappa shape index (κ3) is 3.77. The summed E-state index contributed by atoms with van der Waals surface area (Å²) < 4.78 is 10.8. The van der Waals surface area contributed by atoms with E-state index in [0.29, 0.717) is 11.6 Å². The highest BCUT2D eigenvalue weighted by molar-refractivity contribution is 5.84. The molecule has 5 heteroatoms. The Morgan fingerprint density at radius 1 is 0.815 bits per heavy atom. The van der Waals surface area contributed by atoms with Crippen LogP contribution < -0.4 is 4.74 Å². The molecule has 0 atom stereocenters. The van der Waals surface area contributed by atoms with Gasteiger partial charge < -0.3 is 9.15 Å². The number of esters is 1. The predicted octanol–water partition coefficient (Wildman–Crippen LogP) is 4.47. The molecule has 0 saturated heterocycles. The quantitative estimate of drug-likeness (QED) is 0.390. The summed E-state index contributed by atoms with van der Waals surface area (Å²) in [6, 6.07) is 26.2. The minimum atomic E-state index is -0.497. The summed E-state index contributed by atoms with van der Waals surface area (Å²) in [6.07, 6.45) is 1.27. The number of ether oxygens (including phenoxy) is 1. The normalized spacial score (nSPS) is 10.7. The van der Waals surface area contributed by atoms with Crippen molar-refractivity contribution in [2.75, 3.05) is 0 Å². The van der Waals surface area contributed by atoms with Gasteiger partial charge in [-0.2, -0.15) is 0 Å². The largest absolute Gasteiger partial charge is 0.426 e. The van der Waals surface area contributed by atoms with Gasteiger partial charge in [0.15, 0.2) is 0 Å². The number of hydrogen-bond donors (Lipinski definition) is 0. The standard InChI is InChI=1S/C22H16N2O3/c25-22(27-19-13-11-18(12-14-19)21-24-23-15-26-21)20(16-7-3-1-4-8-16)17-9-5-2-6-10-17/h1-15,20H. The molecule has 3 aromatic carbocycles. The van der Waals surface area contributed by atoms with Gasteiger partial charge in [0.25, 0.3) is 0 Å². The summed E-state index contributed by atoms with van der Waals surface area (Å²) in [5, 5.41) is 7.52. The van der Waals surface area contributed by atoms with Gasteiger partial charge in [0.1, 0.15) is 11.7 Å². The number of hydrogen-bond acceptors (Lipinski definition) is 5. The zero-order chi connectivity index (χ0) is 18.5. The molecule has 0 unspecified atom stereocenters. The van der Waals surface area contributed by atoms with Crippen LogP contribution in [0, 0.1) is 0 Å². The first-order valence-corrected chi connectivity index (χ1v) is 8.49. The van der Waals surface area contributed by atoms with Crippen molar-refractivity contribution >= 4 is 5.97 Å². The highest BCUT2D eigenvalue weighted by Crippen LogP contribution is 2.28. The summed E-state index contributed by atoms with van der Waals surface area (Å²) in [7, 11) is 0. The second kappa shape index (κ2) is 7.66. The highest BCUT2D eigenvalue weighted by Gasteiger charge is 2.24. The Labute approximate surface area is 156 Å². The monoisotopic (exact) mass is 356 g/mol. The van der Waals surface area contributed by atoms with Gasteiger partial charge in [-0.1, -0.05) is 60.7 Å². The first kappa shape index (κ1) is 16.7. The molecule has 4 aromatic rings. The summed E-state index contributed by atoms with van der Waals surface area (Å²) in [6.45, 7) is 0. The van der Waals surface area contributed by atoms with Crippen molar-refractivity contribution < 1.29 is 13.9 Å². The topological polar surface area (TPSA) is 65.2 Å². The van der Waals surface area contributed by atoms with Crippen molar-refractivity contribution in [1.82, 2.24) is 10.2 Å². The van der Waals surface area contributed by atoms with E-state index in [-0.39, 0.29) is 5.97 Å². The van der Waals surface area contributed by atoms with E-state index in [1.807, 2.05) is 60.7 Å². The van der Waals surface area contributed by atoms with Crippen LogP contribution in [-0.4, -0.2) is 16.2 Å². The minimum absolute atomic E-state index is 0.335. The van der Waals surface area contributed by atoms with Crippen LogP contribution >= 0.6 is 0 Å². The SMILES string of the molecule is O=C(Oc1ccc(-c2nnco2)cc1)C(c1ccccc1)c1ccccc1. The lowest BCUT2D eigenvalue weighted by Crippen LogP contribution is -2.20. The van der Waals surface area contributed by atoms with Gasteiger partial charge in [0, 0.05) is 5.56 Å². The molecule has 0 amide bonds.